The van der Waals surface area contributed by atoms with Gasteiger partial charge in [0.05, 0.1) is 0 Å². The van der Waals surface area contributed by atoms with Crippen LogP contribution in [-0.4, -0.2) is 41.2 Å². The Labute approximate surface area is 130 Å². The van der Waals surface area contributed by atoms with Crippen molar-refractivity contribution in [2.75, 3.05) is 19.7 Å². The summed E-state index contributed by atoms with van der Waals surface area (Å²) in [6, 6.07) is 7.21. The highest BCUT2D eigenvalue weighted by atomic mass is 35.5. The molecule has 116 valence electrons. The van der Waals surface area contributed by atoms with E-state index in [1.807, 2.05) is 19.1 Å². The van der Waals surface area contributed by atoms with Crippen LogP contribution in [0.4, 0.5) is 0 Å². The summed E-state index contributed by atoms with van der Waals surface area (Å²) >= 11 is 5.83. The monoisotopic (exact) mass is 311 g/mol. The molecule has 1 heterocycles. The molecular formula is C16H22ClNO3. The number of hydrogen-bond acceptors (Lipinski definition) is 3. The Morgan fingerprint density at radius 1 is 1.43 bits per heavy atom. The Kier molecular flexibility index (Phi) is 5.48. The van der Waals surface area contributed by atoms with Crippen molar-refractivity contribution in [2.24, 2.45) is 0 Å². The van der Waals surface area contributed by atoms with Gasteiger partial charge in [-0.15, -0.1) is 0 Å². The first-order valence-electron chi connectivity index (χ1n) is 7.45. The summed E-state index contributed by atoms with van der Waals surface area (Å²) in [6.07, 6.45) is 3.24. The normalized spacial score (nSPS) is 22.4. The van der Waals surface area contributed by atoms with Crippen LogP contribution >= 0.6 is 11.6 Å². The van der Waals surface area contributed by atoms with Crippen molar-refractivity contribution < 1.29 is 14.6 Å². The average molecular weight is 312 g/mol. The predicted molar refractivity (Wildman–Crippen MR) is 83.0 cm³/mol. The first-order valence-corrected chi connectivity index (χ1v) is 7.83. The first-order chi connectivity index (χ1) is 10.1. The summed E-state index contributed by atoms with van der Waals surface area (Å²) in [6.45, 7) is 3.98. The molecule has 0 bridgehead atoms. The molecule has 1 aromatic carbocycles. The number of likely N-dealkylation sites (tertiary alicyclic amines) is 1. The Bertz CT molecular complexity index is 477. The van der Waals surface area contributed by atoms with Crippen LogP contribution < -0.4 is 4.74 Å². The fraction of sp³-hybridized carbons (Fsp3) is 0.562. The van der Waals surface area contributed by atoms with Crippen LogP contribution in [0.5, 0.6) is 5.75 Å². The zero-order chi connectivity index (χ0) is 15.3. The molecule has 21 heavy (non-hydrogen) atoms. The minimum absolute atomic E-state index is 0.486. The van der Waals surface area contributed by atoms with Crippen molar-refractivity contribution in [1.29, 1.82) is 0 Å². The topological polar surface area (TPSA) is 49.8 Å². The van der Waals surface area contributed by atoms with Crippen LogP contribution in [0.15, 0.2) is 24.3 Å². The Balaban J connectivity index is 1.92. The lowest BCUT2D eigenvalue weighted by Gasteiger charge is -2.34. The number of ether oxygens (including phenoxy) is 1. The zero-order valence-corrected chi connectivity index (χ0v) is 13.1. The lowest BCUT2D eigenvalue weighted by atomic mass is 9.91. The lowest BCUT2D eigenvalue weighted by Crippen LogP contribution is -2.51. The Morgan fingerprint density at radius 2 is 2.14 bits per heavy atom. The van der Waals surface area contributed by atoms with E-state index in [9.17, 15) is 9.90 Å². The summed E-state index contributed by atoms with van der Waals surface area (Å²) in [5.41, 5.74) is -0.696. The molecule has 2 rings (SSSR count). The summed E-state index contributed by atoms with van der Waals surface area (Å²) in [7, 11) is 0. The molecule has 0 spiro atoms. The number of hydrogen-bond donors (Lipinski definition) is 1. The van der Waals surface area contributed by atoms with E-state index in [-0.39, 0.29) is 0 Å². The van der Waals surface area contributed by atoms with E-state index in [1.54, 1.807) is 12.1 Å². The third-order valence-electron chi connectivity index (χ3n) is 4.13. The van der Waals surface area contributed by atoms with Crippen molar-refractivity contribution in [3.05, 3.63) is 29.3 Å². The largest absolute Gasteiger partial charge is 0.492 e. The number of benzene rings is 1. The highest BCUT2D eigenvalue weighted by Gasteiger charge is 2.46. The second-order valence-electron chi connectivity index (χ2n) is 5.48. The first kappa shape index (κ1) is 16.1. The predicted octanol–water partition coefficient (Wildman–Crippen LogP) is 3.44. The molecule has 1 unspecified atom stereocenters. The van der Waals surface area contributed by atoms with Crippen LogP contribution in [0.25, 0.3) is 0 Å². The van der Waals surface area contributed by atoms with E-state index < -0.39 is 11.5 Å². The second kappa shape index (κ2) is 7.14. The maximum absolute atomic E-state index is 11.7. The van der Waals surface area contributed by atoms with Crippen molar-refractivity contribution in [1.82, 2.24) is 4.90 Å². The van der Waals surface area contributed by atoms with E-state index >= 15 is 0 Å². The van der Waals surface area contributed by atoms with Gasteiger partial charge in [-0.2, -0.15) is 0 Å². The van der Waals surface area contributed by atoms with Gasteiger partial charge < -0.3 is 9.84 Å². The van der Waals surface area contributed by atoms with Crippen LogP contribution in [0.2, 0.25) is 5.02 Å². The van der Waals surface area contributed by atoms with Crippen molar-refractivity contribution in [2.45, 2.75) is 38.1 Å². The molecule has 1 saturated heterocycles. The van der Waals surface area contributed by atoms with Gasteiger partial charge in [-0.25, -0.2) is 0 Å². The van der Waals surface area contributed by atoms with Gasteiger partial charge in [0.15, 0.2) is 0 Å². The number of carboxylic acids is 1. The van der Waals surface area contributed by atoms with Crippen LogP contribution in [0, 0.1) is 0 Å². The van der Waals surface area contributed by atoms with E-state index in [0.717, 1.165) is 31.6 Å². The molecule has 0 saturated carbocycles. The minimum atomic E-state index is -0.701. The standard InChI is InChI=1S/C16H22ClNO3/c1-2-8-16(15(19)20)9-3-10-18(16)11-12-21-14-6-4-13(17)5-7-14/h4-7H,2-3,8-12H2,1H3,(H,19,20). The minimum Gasteiger partial charge on any atom is -0.492 e. The van der Waals surface area contributed by atoms with E-state index in [2.05, 4.69) is 4.90 Å². The van der Waals surface area contributed by atoms with E-state index in [4.69, 9.17) is 16.3 Å². The highest BCUT2D eigenvalue weighted by Crippen LogP contribution is 2.33. The third kappa shape index (κ3) is 3.69. The summed E-state index contributed by atoms with van der Waals surface area (Å²) in [5, 5.41) is 10.3. The van der Waals surface area contributed by atoms with Gasteiger partial charge in [-0.3, -0.25) is 9.69 Å². The molecule has 0 aliphatic carbocycles. The second-order valence-corrected chi connectivity index (χ2v) is 5.92. The van der Waals surface area contributed by atoms with Crippen LogP contribution in [-0.2, 0) is 4.79 Å². The van der Waals surface area contributed by atoms with Gasteiger partial charge in [-0.05, 0) is 50.1 Å². The number of carbonyl (C=O) groups is 1. The van der Waals surface area contributed by atoms with Crippen LogP contribution in [0.3, 0.4) is 0 Å². The molecule has 1 N–H and O–H groups in total. The summed E-state index contributed by atoms with van der Waals surface area (Å²) in [5.74, 6) is 0.0587. The maximum Gasteiger partial charge on any atom is 0.324 e. The SMILES string of the molecule is CCCC1(C(=O)O)CCCN1CCOc1ccc(Cl)cc1. The molecule has 1 aliphatic heterocycles. The van der Waals surface area contributed by atoms with Gasteiger partial charge in [0, 0.05) is 11.6 Å². The number of nitrogens with zero attached hydrogens (tertiary/aromatic N) is 1. The van der Waals surface area contributed by atoms with Gasteiger partial charge in [0.25, 0.3) is 0 Å². The van der Waals surface area contributed by atoms with Gasteiger partial charge in [-0.1, -0.05) is 24.9 Å². The number of halogens is 1. The molecule has 1 aromatic rings. The van der Waals surface area contributed by atoms with Crippen molar-refractivity contribution in [3.63, 3.8) is 0 Å². The zero-order valence-electron chi connectivity index (χ0n) is 12.3. The average Bonchev–Trinajstić information content (AvgIpc) is 2.86. The Hall–Kier alpha value is -1.26. The molecule has 4 nitrogen and oxygen atoms in total. The molecule has 0 aromatic heterocycles. The quantitative estimate of drug-likeness (QED) is 0.838. The van der Waals surface area contributed by atoms with Crippen LogP contribution in [0.1, 0.15) is 32.6 Å². The molecular weight excluding hydrogens is 290 g/mol. The maximum atomic E-state index is 11.7. The summed E-state index contributed by atoms with van der Waals surface area (Å²) < 4.78 is 5.68. The van der Waals surface area contributed by atoms with Crippen molar-refractivity contribution >= 4 is 17.6 Å². The van der Waals surface area contributed by atoms with Crippen molar-refractivity contribution in [3.8, 4) is 5.75 Å². The molecule has 0 radical (unpaired) electrons. The molecule has 1 fully saturated rings. The number of rotatable bonds is 7. The lowest BCUT2D eigenvalue weighted by molar-refractivity contribution is -0.150. The third-order valence-corrected chi connectivity index (χ3v) is 4.38. The number of carboxylic acid groups (broad SMARTS) is 1. The summed E-state index contributed by atoms with van der Waals surface area (Å²) in [4.78, 5) is 13.8. The van der Waals surface area contributed by atoms with E-state index in [1.165, 1.54) is 0 Å². The molecule has 5 heteroatoms. The smallest absolute Gasteiger partial charge is 0.324 e. The van der Waals surface area contributed by atoms with Gasteiger partial charge in [0.2, 0.25) is 0 Å². The molecule has 1 atom stereocenters. The fourth-order valence-corrected chi connectivity index (χ4v) is 3.24. The number of aliphatic carboxylic acids is 1. The molecule has 0 amide bonds. The highest BCUT2D eigenvalue weighted by molar-refractivity contribution is 6.30. The Morgan fingerprint density at radius 3 is 2.76 bits per heavy atom. The fourth-order valence-electron chi connectivity index (χ4n) is 3.11. The molecule has 1 aliphatic rings. The van der Waals surface area contributed by atoms with Gasteiger partial charge in [0.1, 0.15) is 17.9 Å². The van der Waals surface area contributed by atoms with E-state index in [0.29, 0.717) is 24.6 Å². The van der Waals surface area contributed by atoms with Gasteiger partial charge >= 0.3 is 5.97 Å².